The fourth-order valence-electron chi connectivity index (χ4n) is 3.83. The highest BCUT2D eigenvalue weighted by Gasteiger charge is 2.15. The van der Waals surface area contributed by atoms with Gasteiger partial charge in [0.25, 0.3) is 0 Å². The van der Waals surface area contributed by atoms with Gasteiger partial charge in [0.2, 0.25) is 0 Å². The van der Waals surface area contributed by atoms with Crippen LogP contribution < -0.4 is 33.2 Å². The summed E-state index contributed by atoms with van der Waals surface area (Å²) in [6.45, 7) is 19.0. The average Bonchev–Trinajstić information content (AvgIpc) is 2.79. The Kier molecular flexibility index (Phi) is 18.9. The molecule has 0 aromatic carbocycles. The third kappa shape index (κ3) is 15.4. The van der Waals surface area contributed by atoms with E-state index < -0.39 is 0 Å². The van der Waals surface area contributed by atoms with Gasteiger partial charge in [-0.25, -0.2) is 0 Å². The van der Waals surface area contributed by atoms with Crippen LogP contribution in [0.25, 0.3) is 0 Å². The molecule has 2 saturated heterocycles. The summed E-state index contributed by atoms with van der Waals surface area (Å²) in [4.78, 5) is 7.49. The zero-order valence-corrected chi connectivity index (χ0v) is 19.4. The third-order valence-electron chi connectivity index (χ3n) is 5.69. The second kappa shape index (κ2) is 20.5. The Morgan fingerprint density at radius 2 is 0.867 bits per heavy atom. The fourth-order valence-corrected chi connectivity index (χ4v) is 3.83. The van der Waals surface area contributed by atoms with Crippen molar-refractivity contribution in [3.8, 4) is 0 Å². The molecule has 2 heterocycles. The minimum absolute atomic E-state index is 0.726. The molecule has 9 N–H and O–H groups in total. The average molecular weight is 430 g/mol. The number of likely N-dealkylation sites (tertiary alicyclic amines) is 1. The Bertz CT molecular complexity index is 339. The highest BCUT2D eigenvalue weighted by molar-refractivity contribution is 4.72. The first kappa shape index (κ1) is 27.7. The quantitative estimate of drug-likeness (QED) is 0.160. The minimum atomic E-state index is 0.726. The lowest BCUT2D eigenvalue weighted by atomic mass is 10.1. The van der Waals surface area contributed by atoms with Gasteiger partial charge in [-0.2, -0.15) is 0 Å². The highest BCUT2D eigenvalue weighted by Crippen LogP contribution is 2.07. The fraction of sp³-hybridized carbons (Fsp3) is 1.00. The molecule has 0 amide bonds. The molecule has 0 aromatic rings. The number of nitrogens with one attached hydrogen (secondary N) is 3. The van der Waals surface area contributed by atoms with Crippen molar-refractivity contribution in [3.05, 3.63) is 0 Å². The van der Waals surface area contributed by atoms with Gasteiger partial charge >= 0.3 is 0 Å². The van der Waals surface area contributed by atoms with E-state index in [2.05, 4.69) is 30.7 Å². The smallest absolute Gasteiger partial charge is 0.0110 e. The predicted octanol–water partition coefficient (Wildman–Crippen LogP) is -2.28. The van der Waals surface area contributed by atoms with Crippen LogP contribution in [0.2, 0.25) is 0 Å². The van der Waals surface area contributed by atoms with Crippen LogP contribution in [0.3, 0.4) is 0 Å². The summed E-state index contributed by atoms with van der Waals surface area (Å²) < 4.78 is 0. The van der Waals surface area contributed by atoms with Crippen LogP contribution in [0.1, 0.15) is 19.3 Å². The van der Waals surface area contributed by atoms with Crippen LogP contribution >= 0.6 is 0 Å². The summed E-state index contributed by atoms with van der Waals surface area (Å²) >= 11 is 0. The maximum Gasteiger partial charge on any atom is 0.0110 e. The normalized spacial score (nSPS) is 18.9. The van der Waals surface area contributed by atoms with Crippen molar-refractivity contribution < 1.29 is 0 Å². The number of nitrogens with zero attached hydrogens (tertiary/aromatic N) is 3. The summed E-state index contributed by atoms with van der Waals surface area (Å²) in [7, 11) is 0. The molecule has 2 aliphatic rings. The Hall–Kier alpha value is -0.360. The molecule has 30 heavy (non-hydrogen) atoms. The molecule has 0 aliphatic carbocycles. The monoisotopic (exact) mass is 429 g/mol. The number of piperidine rings is 1. The lowest BCUT2D eigenvalue weighted by Crippen LogP contribution is -2.49. The molecule has 0 aromatic heterocycles. The number of hydrogen-bond donors (Lipinski definition) is 6. The lowest BCUT2D eigenvalue weighted by Gasteiger charge is -2.34. The van der Waals surface area contributed by atoms with Gasteiger partial charge in [-0.1, -0.05) is 6.42 Å². The van der Waals surface area contributed by atoms with Gasteiger partial charge in [0.1, 0.15) is 0 Å². The van der Waals surface area contributed by atoms with Crippen molar-refractivity contribution in [1.82, 2.24) is 30.7 Å². The van der Waals surface area contributed by atoms with Gasteiger partial charge in [-0.15, -0.1) is 0 Å². The van der Waals surface area contributed by atoms with Crippen molar-refractivity contribution in [2.24, 2.45) is 17.2 Å². The topological polar surface area (TPSA) is 124 Å². The van der Waals surface area contributed by atoms with E-state index in [1.807, 2.05) is 0 Å². The van der Waals surface area contributed by atoms with Gasteiger partial charge < -0.3 is 38.1 Å². The summed E-state index contributed by atoms with van der Waals surface area (Å²) in [6.07, 6.45) is 4.20. The van der Waals surface area contributed by atoms with Crippen LogP contribution in [0.4, 0.5) is 0 Å². The number of rotatable bonds is 15. The number of nitrogens with two attached hydrogens (primary N) is 3. The second-order valence-corrected chi connectivity index (χ2v) is 8.20. The van der Waals surface area contributed by atoms with E-state index in [-0.39, 0.29) is 0 Å². The largest absolute Gasteiger partial charge is 0.329 e. The molecule has 2 aliphatic heterocycles. The minimum Gasteiger partial charge on any atom is -0.329 e. The van der Waals surface area contributed by atoms with Crippen molar-refractivity contribution >= 4 is 0 Å². The Morgan fingerprint density at radius 3 is 1.37 bits per heavy atom. The molecule has 9 heteroatoms. The maximum atomic E-state index is 5.53. The van der Waals surface area contributed by atoms with E-state index in [4.69, 9.17) is 17.2 Å². The zero-order valence-electron chi connectivity index (χ0n) is 19.4. The van der Waals surface area contributed by atoms with E-state index >= 15 is 0 Å². The summed E-state index contributed by atoms with van der Waals surface area (Å²) in [5.41, 5.74) is 16.3. The molecule has 180 valence electrons. The summed E-state index contributed by atoms with van der Waals surface area (Å²) in [5, 5.41) is 10.0. The van der Waals surface area contributed by atoms with Gasteiger partial charge in [0.05, 0.1) is 0 Å². The molecule has 0 spiro atoms. The molecule has 0 atom stereocenters. The first-order valence-corrected chi connectivity index (χ1v) is 12.2. The lowest BCUT2D eigenvalue weighted by molar-refractivity contribution is 0.136. The molecule has 0 bridgehead atoms. The first-order chi connectivity index (χ1) is 14.8. The molecule has 0 radical (unpaired) electrons. The van der Waals surface area contributed by atoms with Crippen molar-refractivity contribution in [2.75, 3.05) is 118 Å². The zero-order chi connectivity index (χ0) is 21.7. The van der Waals surface area contributed by atoms with Gasteiger partial charge in [0.15, 0.2) is 0 Å². The SMILES string of the molecule is NCCNCCN1CCN(CCN)CC1.NCCNCCNCCN1CCCCC1. The Morgan fingerprint density at radius 1 is 0.433 bits per heavy atom. The number of hydrogen-bond acceptors (Lipinski definition) is 9. The molecule has 0 saturated carbocycles. The van der Waals surface area contributed by atoms with Gasteiger partial charge in [0, 0.05) is 105 Å². The summed E-state index contributed by atoms with van der Waals surface area (Å²) in [6, 6.07) is 0. The van der Waals surface area contributed by atoms with Gasteiger partial charge in [-0.3, -0.25) is 9.80 Å². The molecule has 0 unspecified atom stereocenters. The third-order valence-corrected chi connectivity index (χ3v) is 5.69. The number of piperazine rings is 1. The summed E-state index contributed by atoms with van der Waals surface area (Å²) in [5.74, 6) is 0. The van der Waals surface area contributed by atoms with E-state index in [9.17, 15) is 0 Å². The van der Waals surface area contributed by atoms with Crippen LogP contribution in [-0.2, 0) is 0 Å². The van der Waals surface area contributed by atoms with Crippen LogP contribution in [0.5, 0.6) is 0 Å². The second-order valence-electron chi connectivity index (χ2n) is 8.20. The van der Waals surface area contributed by atoms with E-state index in [0.29, 0.717) is 0 Å². The van der Waals surface area contributed by atoms with Gasteiger partial charge in [-0.05, 0) is 25.9 Å². The van der Waals surface area contributed by atoms with Crippen molar-refractivity contribution in [1.29, 1.82) is 0 Å². The van der Waals surface area contributed by atoms with Crippen molar-refractivity contribution in [3.63, 3.8) is 0 Å². The van der Waals surface area contributed by atoms with E-state index in [0.717, 1.165) is 85.1 Å². The molecular weight excluding hydrogens is 378 g/mol. The Labute approximate surface area is 185 Å². The first-order valence-electron chi connectivity index (χ1n) is 12.2. The highest BCUT2D eigenvalue weighted by atomic mass is 15.3. The van der Waals surface area contributed by atoms with Crippen LogP contribution in [0, 0.1) is 0 Å². The standard InChI is InChI=1S/C11H26N4.C10H25N5/c12-4-5-13-6-7-14-8-11-15-9-2-1-3-10-15;11-1-3-13-4-6-15-9-7-14(5-2-12)8-10-15/h13-14H,1-12H2;13H,1-12H2. The Balaban J connectivity index is 0.000000300. The maximum absolute atomic E-state index is 5.53. The van der Waals surface area contributed by atoms with Crippen LogP contribution in [0.15, 0.2) is 0 Å². The molecular formula is C21H51N9. The van der Waals surface area contributed by atoms with E-state index in [1.165, 1.54) is 52.0 Å². The van der Waals surface area contributed by atoms with Crippen LogP contribution in [-0.4, -0.2) is 133 Å². The molecule has 2 fully saturated rings. The molecule has 2 rings (SSSR count). The van der Waals surface area contributed by atoms with E-state index in [1.54, 1.807) is 0 Å². The predicted molar refractivity (Wildman–Crippen MR) is 129 cm³/mol. The van der Waals surface area contributed by atoms with Crippen molar-refractivity contribution in [2.45, 2.75) is 19.3 Å². The molecule has 9 nitrogen and oxygen atoms in total.